The maximum absolute atomic E-state index is 4.66. The zero-order valence-corrected chi connectivity index (χ0v) is 7.32. The second kappa shape index (κ2) is 4.09. The highest BCUT2D eigenvalue weighted by atomic mass is 32.1. The van der Waals surface area contributed by atoms with Crippen LogP contribution in [0.1, 0.15) is 12.5 Å². The number of hydrogen-bond donors (Lipinski definition) is 1. The molecule has 1 aromatic rings. The number of anilines is 1. The molecule has 0 aliphatic rings. The van der Waals surface area contributed by atoms with Crippen LogP contribution in [0, 0.1) is 0 Å². The van der Waals surface area contributed by atoms with Crippen LogP contribution >= 0.6 is 12.2 Å². The SMILES string of the molecule is CCc1ccc(NC=S)cc1. The summed E-state index contributed by atoms with van der Waals surface area (Å²) in [7, 11) is 0. The van der Waals surface area contributed by atoms with E-state index in [1.54, 1.807) is 0 Å². The van der Waals surface area contributed by atoms with E-state index >= 15 is 0 Å². The fourth-order valence-electron chi connectivity index (χ4n) is 0.905. The van der Waals surface area contributed by atoms with E-state index in [1.807, 2.05) is 12.1 Å². The summed E-state index contributed by atoms with van der Waals surface area (Å²) in [6.45, 7) is 2.14. The smallest absolute Gasteiger partial charge is 0.0658 e. The second-order valence-corrected chi connectivity index (χ2v) is 2.55. The Labute approximate surface area is 72.4 Å². The molecule has 0 aliphatic carbocycles. The third-order valence-electron chi connectivity index (χ3n) is 1.59. The van der Waals surface area contributed by atoms with Gasteiger partial charge in [0.1, 0.15) is 0 Å². The molecule has 0 fully saturated rings. The van der Waals surface area contributed by atoms with Gasteiger partial charge in [-0.3, -0.25) is 0 Å². The van der Waals surface area contributed by atoms with Crippen molar-refractivity contribution in [2.45, 2.75) is 13.3 Å². The Morgan fingerprint density at radius 2 is 2.00 bits per heavy atom. The predicted octanol–water partition coefficient (Wildman–Crippen LogP) is 2.62. The third-order valence-corrected chi connectivity index (χ3v) is 1.71. The van der Waals surface area contributed by atoms with Gasteiger partial charge in [-0.2, -0.15) is 0 Å². The Morgan fingerprint density at radius 1 is 1.36 bits per heavy atom. The molecule has 0 amide bonds. The van der Waals surface area contributed by atoms with Crippen molar-refractivity contribution in [3.05, 3.63) is 29.8 Å². The van der Waals surface area contributed by atoms with E-state index < -0.39 is 0 Å². The molecule has 11 heavy (non-hydrogen) atoms. The van der Waals surface area contributed by atoms with E-state index in [0.29, 0.717) is 0 Å². The minimum Gasteiger partial charge on any atom is -0.353 e. The molecule has 0 unspecified atom stereocenters. The van der Waals surface area contributed by atoms with Gasteiger partial charge in [0.25, 0.3) is 0 Å². The number of nitrogens with one attached hydrogen (secondary N) is 1. The summed E-state index contributed by atoms with van der Waals surface area (Å²) < 4.78 is 0. The monoisotopic (exact) mass is 165 g/mol. The minimum absolute atomic E-state index is 1.05. The van der Waals surface area contributed by atoms with E-state index in [0.717, 1.165) is 12.1 Å². The molecule has 0 aromatic heterocycles. The molecule has 2 heteroatoms. The number of thiocarbonyl (C=S) groups is 1. The molecule has 1 N–H and O–H groups in total. The molecule has 1 nitrogen and oxygen atoms in total. The van der Waals surface area contributed by atoms with Crippen LogP contribution in [-0.4, -0.2) is 5.49 Å². The van der Waals surface area contributed by atoms with E-state index in [-0.39, 0.29) is 0 Å². The number of rotatable bonds is 3. The predicted molar refractivity (Wildman–Crippen MR) is 53.1 cm³/mol. The molecule has 1 aromatic carbocycles. The van der Waals surface area contributed by atoms with Crippen molar-refractivity contribution in [1.29, 1.82) is 0 Å². The Hall–Kier alpha value is -0.890. The fraction of sp³-hybridized carbons (Fsp3) is 0.222. The van der Waals surface area contributed by atoms with Crippen molar-refractivity contribution in [2.24, 2.45) is 0 Å². The molecule has 0 aliphatic heterocycles. The van der Waals surface area contributed by atoms with Crippen LogP contribution in [-0.2, 0) is 6.42 Å². The summed E-state index contributed by atoms with van der Waals surface area (Å²) in [5, 5.41) is 2.95. The molecular formula is C9H11NS. The highest BCUT2D eigenvalue weighted by Crippen LogP contribution is 2.08. The van der Waals surface area contributed by atoms with E-state index in [9.17, 15) is 0 Å². The van der Waals surface area contributed by atoms with Gasteiger partial charge in [-0.1, -0.05) is 31.3 Å². The lowest BCUT2D eigenvalue weighted by molar-refractivity contribution is 1.14. The first kappa shape index (κ1) is 8.21. The lowest BCUT2D eigenvalue weighted by Gasteiger charge is -1.99. The maximum Gasteiger partial charge on any atom is 0.0658 e. The topological polar surface area (TPSA) is 12.0 Å². The van der Waals surface area contributed by atoms with E-state index in [4.69, 9.17) is 0 Å². The summed E-state index contributed by atoms with van der Waals surface area (Å²) in [5.41, 5.74) is 3.91. The van der Waals surface area contributed by atoms with Crippen molar-refractivity contribution in [1.82, 2.24) is 0 Å². The third kappa shape index (κ3) is 2.31. The molecule has 58 valence electrons. The van der Waals surface area contributed by atoms with Crippen LogP contribution < -0.4 is 5.32 Å². The highest BCUT2D eigenvalue weighted by Gasteiger charge is 1.88. The summed E-state index contributed by atoms with van der Waals surface area (Å²) in [6, 6.07) is 8.26. The Morgan fingerprint density at radius 3 is 2.45 bits per heavy atom. The number of aryl methyl sites for hydroxylation is 1. The highest BCUT2D eigenvalue weighted by molar-refractivity contribution is 7.79. The van der Waals surface area contributed by atoms with Crippen molar-refractivity contribution in [2.75, 3.05) is 5.32 Å². The van der Waals surface area contributed by atoms with Gasteiger partial charge in [0.15, 0.2) is 0 Å². The standard InChI is InChI=1S/C9H11NS/c1-2-8-3-5-9(6-4-8)10-7-11/h3-7H,2H2,1H3,(H,10,11). The fourth-order valence-corrected chi connectivity index (χ4v) is 1.04. The summed E-state index contributed by atoms with van der Waals surface area (Å²) in [5.74, 6) is 0. The maximum atomic E-state index is 4.66. The number of benzene rings is 1. The van der Waals surface area contributed by atoms with Crippen molar-refractivity contribution >= 4 is 23.4 Å². The Kier molecular flexibility index (Phi) is 3.05. The normalized spacial score (nSPS) is 9.18. The largest absolute Gasteiger partial charge is 0.353 e. The number of hydrogen-bond acceptors (Lipinski definition) is 1. The van der Waals surface area contributed by atoms with Crippen LogP contribution in [0.15, 0.2) is 24.3 Å². The van der Waals surface area contributed by atoms with Gasteiger partial charge in [0, 0.05) is 5.69 Å². The van der Waals surface area contributed by atoms with Crippen LogP contribution in [0.4, 0.5) is 5.69 Å². The van der Waals surface area contributed by atoms with Crippen molar-refractivity contribution in [3.8, 4) is 0 Å². The summed E-state index contributed by atoms with van der Waals surface area (Å²) in [6.07, 6.45) is 1.08. The molecule has 0 saturated carbocycles. The van der Waals surface area contributed by atoms with Crippen LogP contribution in [0.2, 0.25) is 0 Å². The van der Waals surface area contributed by atoms with Gasteiger partial charge in [-0.05, 0) is 24.1 Å². The van der Waals surface area contributed by atoms with E-state index in [1.165, 1.54) is 11.1 Å². The van der Waals surface area contributed by atoms with Gasteiger partial charge in [0.2, 0.25) is 0 Å². The zero-order valence-electron chi connectivity index (χ0n) is 6.50. The van der Waals surface area contributed by atoms with Gasteiger partial charge in [0.05, 0.1) is 5.49 Å². The molecule has 1 rings (SSSR count). The van der Waals surface area contributed by atoms with Gasteiger partial charge in [-0.25, -0.2) is 0 Å². The average molecular weight is 165 g/mol. The quantitative estimate of drug-likeness (QED) is 0.691. The molecular weight excluding hydrogens is 154 g/mol. The van der Waals surface area contributed by atoms with Crippen LogP contribution in [0.5, 0.6) is 0 Å². The molecule has 0 spiro atoms. The first-order valence-electron chi connectivity index (χ1n) is 3.66. The minimum atomic E-state index is 1.05. The first-order chi connectivity index (χ1) is 5.36. The second-order valence-electron chi connectivity index (χ2n) is 2.31. The average Bonchev–Trinajstić information content (AvgIpc) is 2.07. The molecule has 0 saturated heterocycles. The zero-order chi connectivity index (χ0) is 8.10. The lowest BCUT2D eigenvalue weighted by Crippen LogP contribution is -1.91. The van der Waals surface area contributed by atoms with Gasteiger partial charge in [-0.15, -0.1) is 0 Å². The van der Waals surface area contributed by atoms with Gasteiger partial charge >= 0.3 is 0 Å². The lowest BCUT2D eigenvalue weighted by atomic mass is 10.1. The molecule has 0 radical (unpaired) electrons. The molecule has 0 atom stereocenters. The van der Waals surface area contributed by atoms with Crippen molar-refractivity contribution < 1.29 is 0 Å². The van der Waals surface area contributed by atoms with E-state index in [2.05, 4.69) is 36.6 Å². The molecule has 0 heterocycles. The Balaban J connectivity index is 2.74. The first-order valence-corrected chi connectivity index (χ1v) is 4.13. The van der Waals surface area contributed by atoms with Crippen molar-refractivity contribution in [3.63, 3.8) is 0 Å². The van der Waals surface area contributed by atoms with Crippen LogP contribution in [0.25, 0.3) is 0 Å². The molecule has 0 bridgehead atoms. The Bertz CT molecular complexity index is 228. The van der Waals surface area contributed by atoms with Gasteiger partial charge < -0.3 is 5.32 Å². The summed E-state index contributed by atoms with van der Waals surface area (Å²) >= 11 is 4.66. The van der Waals surface area contributed by atoms with Crippen LogP contribution in [0.3, 0.4) is 0 Å². The summed E-state index contributed by atoms with van der Waals surface area (Å²) in [4.78, 5) is 0.